The van der Waals surface area contributed by atoms with Crippen molar-refractivity contribution in [2.24, 2.45) is 0 Å². The van der Waals surface area contributed by atoms with E-state index in [1.807, 2.05) is 0 Å². The summed E-state index contributed by atoms with van der Waals surface area (Å²) in [7, 11) is -8.11. The van der Waals surface area contributed by atoms with Gasteiger partial charge in [0.1, 0.15) is 21.3 Å². The molecule has 146 valence electrons. The van der Waals surface area contributed by atoms with Gasteiger partial charge >= 0.3 is 20.2 Å². The largest absolute Gasteiger partial charge is 0.379 e. The summed E-state index contributed by atoms with van der Waals surface area (Å²) in [5.41, 5.74) is 0. The first-order valence-electron chi connectivity index (χ1n) is 7.66. The minimum atomic E-state index is -4.06. The molecular formula is C18H12Cl2O6S2. The first-order valence-corrected chi connectivity index (χ1v) is 11.2. The third kappa shape index (κ3) is 4.96. The average Bonchev–Trinajstić information content (AvgIpc) is 2.64. The van der Waals surface area contributed by atoms with Gasteiger partial charge in [0.2, 0.25) is 0 Å². The maximum atomic E-state index is 12.2. The van der Waals surface area contributed by atoms with Crippen molar-refractivity contribution in [3.63, 3.8) is 0 Å². The second kappa shape index (κ2) is 8.00. The Morgan fingerprint density at radius 2 is 0.786 bits per heavy atom. The van der Waals surface area contributed by atoms with Crippen LogP contribution in [0.2, 0.25) is 10.0 Å². The molecule has 0 aliphatic rings. The monoisotopic (exact) mass is 458 g/mol. The first kappa shape index (κ1) is 20.5. The maximum absolute atomic E-state index is 12.2. The molecular weight excluding hydrogens is 447 g/mol. The molecule has 0 amide bonds. The highest BCUT2D eigenvalue weighted by Crippen LogP contribution is 2.25. The third-order valence-electron chi connectivity index (χ3n) is 3.44. The molecule has 0 aliphatic heterocycles. The van der Waals surface area contributed by atoms with Crippen molar-refractivity contribution in [1.29, 1.82) is 0 Å². The van der Waals surface area contributed by atoms with E-state index in [0.29, 0.717) is 10.0 Å². The summed E-state index contributed by atoms with van der Waals surface area (Å²) in [4.78, 5) is -0.134. The van der Waals surface area contributed by atoms with E-state index >= 15 is 0 Å². The fourth-order valence-corrected chi connectivity index (χ4v) is 4.22. The summed E-state index contributed by atoms with van der Waals surface area (Å²) in [6.07, 6.45) is 0. The molecule has 0 fully saturated rings. The van der Waals surface area contributed by atoms with Crippen LogP contribution in [0.15, 0.2) is 82.6 Å². The fraction of sp³-hybridized carbons (Fsp3) is 0. The quantitative estimate of drug-likeness (QED) is 0.504. The van der Waals surface area contributed by atoms with Crippen molar-refractivity contribution in [3.05, 3.63) is 82.8 Å². The Balaban J connectivity index is 1.74. The molecule has 0 heterocycles. The molecule has 0 aromatic heterocycles. The normalized spacial score (nSPS) is 11.8. The lowest BCUT2D eigenvalue weighted by atomic mass is 10.3. The van der Waals surface area contributed by atoms with Gasteiger partial charge in [-0.25, -0.2) is 0 Å². The molecule has 10 heteroatoms. The number of hydrogen-bond donors (Lipinski definition) is 0. The zero-order chi connectivity index (χ0) is 20.4. The zero-order valence-corrected chi connectivity index (χ0v) is 17.1. The third-order valence-corrected chi connectivity index (χ3v) is 6.47. The fourth-order valence-electron chi connectivity index (χ4n) is 2.10. The van der Waals surface area contributed by atoms with Gasteiger partial charge in [0.15, 0.2) is 0 Å². The van der Waals surface area contributed by atoms with Crippen LogP contribution in [0.3, 0.4) is 0 Å². The van der Waals surface area contributed by atoms with Gasteiger partial charge in [0.05, 0.1) is 0 Å². The topological polar surface area (TPSA) is 86.7 Å². The SMILES string of the molecule is O=S(=O)(Oc1ccc(OS(=O)(=O)c2ccc(Cl)cc2)cc1)c1ccc(Cl)cc1. The predicted molar refractivity (Wildman–Crippen MR) is 105 cm³/mol. The predicted octanol–water partition coefficient (Wildman–Crippen LogP) is 4.53. The highest BCUT2D eigenvalue weighted by Gasteiger charge is 2.18. The molecule has 0 unspecified atom stereocenters. The molecule has 0 N–H and O–H groups in total. The highest BCUT2D eigenvalue weighted by atomic mass is 35.5. The van der Waals surface area contributed by atoms with Crippen molar-refractivity contribution >= 4 is 43.4 Å². The van der Waals surface area contributed by atoms with Crippen molar-refractivity contribution in [1.82, 2.24) is 0 Å². The Labute approximate surface area is 172 Å². The molecule has 0 spiro atoms. The van der Waals surface area contributed by atoms with Gasteiger partial charge in [-0.2, -0.15) is 16.8 Å². The Morgan fingerprint density at radius 3 is 1.07 bits per heavy atom. The van der Waals surface area contributed by atoms with Crippen LogP contribution in [0.4, 0.5) is 0 Å². The highest BCUT2D eigenvalue weighted by molar-refractivity contribution is 7.87. The van der Waals surface area contributed by atoms with E-state index in [1.165, 1.54) is 72.8 Å². The lowest BCUT2D eigenvalue weighted by Gasteiger charge is -2.09. The maximum Gasteiger partial charge on any atom is 0.339 e. The molecule has 3 rings (SSSR count). The number of benzene rings is 3. The van der Waals surface area contributed by atoms with Crippen LogP contribution >= 0.6 is 23.2 Å². The van der Waals surface area contributed by atoms with Crippen molar-refractivity contribution < 1.29 is 25.2 Å². The second-order valence-electron chi connectivity index (χ2n) is 5.45. The standard InChI is InChI=1S/C18H12Cl2O6S2/c19-13-1-9-17(10-2-13)27(21,22)25-15-5-7-16(8-6-15)26-28(23,24)18-11-3-14(20)4-12-18/h1-12H. The van der Waals surface area contributed by atoms with Gasteiger partial charge in [-0.1, -0.05) is 23.2 Å². The lowest BCUT2D eigenvalue weighted by molar-refractivity contribution is 0.478. The summed E-state index contributed by atoms with van der Waals surface area (Å²) >= 11 is 11.5. The second-order valence-corrected chi connectivity index (χ2v) is 9.42. The number of rotatable bonds is 6. The van der Waals surface area contributed by atoms with Gasteiger partial charge in [-0.15, -0.1) is 0 Å². The van der Waals surface area contributed by atoms with Crippen LogP contribution in [0.5, 0.6) is 11.5 Å². The minimum absolute atomic E-state index is 0.00816. The van der Waals surface area contributed by atoms with Crippen LogP contribution < -0.4 is 8.37 Å². The number of hydrogen-bond acceptors (Lipinski definition) is 6. The van der Waals surface area contributed by atoms with Crippen LogP contribution in [0.25, 0.3) is 0 Å². The molecule has 0 radical (unpaired) electrons. The minimum Gasteiger partial charge on any atom is -0.379 e. The van der Waals surface area contributed by atoms with E-state index < -0.39 is 20.2 Å². The summed E-state index contributed by atoms with van der Waals surface area (Å²) < 4.78 is 59.0. The van der Waals surface area contributed by atoms with E-state index in [0.717, 1.165) is 0 Å². The van der Waals surface area contributed by atoms with E-state index in [9.17, 15) is 16.8 Å². The Kier molecular flexibility index (Phi) is 5.85. The van der Waals surface area contributed by atoms with E-state index in [2.05, 4.69) is 0 Å². The van der Waals surface area contributed by atoms with E-state index in [-0.39, 0.29) is 21.3 Å². The summed E-state index contributed by atoms with van der Waals surface area (Å²) in [6, 6.07) is 16.1. The smallest absolute Gasteiger partial charge is 0.339 e. The molecule has 0 saturated carbocycles. The lowest BCUT2D eigenvalue weighted by Crippen LogP contribution is -2.10. The molecule has 0 bridgehead atoms. The first-order chi connectivity index (χ1) is 13.2. The Morgan fingerprint density at radius 1 is 0.500 bits per heavy atom. The average molecular weight is 459 g/mol. The van der Waals surface area contributed by atoms with Crippen molar-refractivity contribution in [2.45, 2.75) is 9.79 Å². The van der Waals surface area contributed by atoms with E-state index in [4.69, 9.17) is 31.6 Å². The number of halogens is 2. The molecule has 6 nitrogen and oxygen atoms in total. The van der Waals surface area contributed by atoms with Gasteiger partial charge in [0, 0.05) is 10.0 Å². The van der Waals surface area contributed by atoms with Gasteiger partial charge in [0.25, 0.3) is 0 Å². The van der Waals surface area contributed by atoms with Crippen molar-refractivity contribution in [3.8, 4) is 11.5 Å². The summed E-state index contributed by atoms with van der Waals surface area (Å²) in [5.74, 6) is -0.0163. The molecule has 0 atom stereocenters. The summed E-state index contributed by atoms with van der Waals surface area (Å²) in [5, 5.41) is 0.782. The molecule has 3 aromatic rings. The van der Waals surface area contributed by atoms with Gasteiger partial charge in [-0.05, 0) is 72.8 Å². The van der Waals surface area contributed by atoms with Gasteiger partial charge in [-0.3, -0.25) is 0 Å². The van der Waals surface area contributed by atoms with Crippen molar-refractivity contribution in [2.75, 3.05) is 0 Å². The van der Waals surface area contributed by atoms with E-state index in [1.54, 1.807) is 0 Å². The van der Waals surface area contributed by atoms with Crippen LogP contribution in [0.1, 0.15) is 0 Å². The van der Waals surface area contributed by atoms with Crippen LogP contribution in [0, 0.1) is 0 Å². The Hall–Kier alpha value is -2.26. The molecule has 28 heavy (non-hydrogen) atoms. The molecule has 3 aromatic carbocycles. The van der Waals surface area contributed by atoms with Crippen LogP contribution in [-0.4, -0.2) is 16.8 Å². The molecule has 0 saturated heterocycles. The van der Waals surface area contributed by atoms with Crippen LogP contribution in [-0.2, 0) is 20.2 Å². The molecule has 0 aliphatic carbocycles. The zero-order valence-electron chi connectivity index (χ0n) is 14.0. The summed E-state index contributed by atoms with van der Waals surface area (Å²) in [6.45, 7) is 0. The van der Waals surface area contributed by atoms with Gasteiger partial charge < -0.3 is 8.37 Å². The Bertz CT molecular complexity index is 1080.